The Bertz CT molecular complexity index is 752. The number of thiophene rings is 1. The number of Topliss-reactive ketones (excluding diaryl/α,β-unsaturated/α-hetero) is 1. The van der Waals surface area contributed by atoms with Crippen molar-refractivity contribution in [3.8, 4) is 0 Å². The molecule has 1 aliphatic heterocycles. The van der Waals surface area contributed by atoms with Crippen LogP contribution in [0.1, 0.15) is 33.0 Å². The molecule has 3 heterocycles. The molecular formula is C18H22N4O2S. The van der Waals surface area contributed by atoms with Gasteiger partial charge in [-0.05, 0) is 19.9 Å². The van der Waals surface area contributed by atoms with E-state index in [1.165, 1.54) is 0 Å². The van der Waals surface area contributed by atoms with Crippen molar-refractivity contribution in [3.05, 3.63) is 40.0 Å². The molecule has 2 aromatic rings. The first kappa shape index (κ1) is 17.5. The molecule has 25 heavy (non-hydrogen) atoms. The monoisotopic (exact) mass is 358 g/mol. The van der Waals surface area contributed by atoms with Gasteiger partial charge in [-0.2, -0.15) is 0 Å². The molecule has 0 radical (unpaired) electrons. The van der Waals surface area contributed by atoms with Gasteiger partial charge in [-0.3, -0.25) is 14.6 Å². The SMILES string of the molecule is Cc1cc(C(=O)CCC(=O)N2CCN(c3cnccn3)CC2)c(C)s1. The van der Waals surface area contributed by atoms with Crippen LogP contribution in [0.3, 0.4) is 0 Å². The standard InChI is InChI=1S/C18H22N4O2S/c1-13-11-15(14(2)25-13)16(23)3-4-18(24)22-9-7-21(8-10-22)17-12-19-5-6-20-17/h5-6,11-12H,3-4,7-10H2,1-2H3. The molecule has 1 amide bonds. The van der Waals surface area contributed by atoms with Gasteiger partial charge in [0, 0.05) is 66.7 Å². The Morgan fingerprint density at radius 3 is 2.48 bits per heavy atom. The summed E-state index contributed by atoms with van der Waals surface area (Å²) in [4.78, 5) is 39.2. The number of aromatic nitrogens is 2. The van der Waals surface area contributed by atoms with Crippen LogP contribution in [-0.2, 0) is 4.79 Å². The van der Waals surface area contributed by atoms with Crippen LogP contribution < -0.4 is 4.90 Å². The van der Waals surface area contributed by atoms with Crippen LogP contribution in [0.5, 0.6) is 0 Å². The van der Waals surface area contributed by atoms with Gasteiger partial charge in [0.2, 0.25) is 5.91 Å². The fourth-order valence-corrected chi connectivity index (χ4v) is 4.00. The van der Waals surface area contributed by atoms with Gasteiger partial charge in [0.1, 0.15) is 5.82 Å². The molecule has 7 heteroatoms. The second-order valence-corrected chi connectivity index (χ2v) is 7.64. The first-order valence-corrected chi connectivity index (χ1v) is 9.25. The quantitative estimate of drug-likeness (QED) is 0.768. The van der Waals surface area contributed by atoms with Crippen molar-refractivity contribution < 1.29 is 9.59 Å². The van der Waals surface area contributed by atoms with Crippen LogP contribution in [0.4, 0.5) is 5.82 Å². The van der Waals surface area contributed by atoms with Gasteiger partial charge in [-0.15, -0.1) is 11.3 Å². The minimum atomic E-state index is 0.0525. The summed E-state index contributed by atoms with van der Waals surface area (Å²) < 4.78 is 0. The third-order valence-corrected chi connectivity index (χ3v) is 5.38. The lowest BCUT2D eigenvalue weighted by atomic mass is 10.1. The first-order valence-electron chi connectivity index (χ1n) is 8.43. The predicted octanol–water partition coefficient (Wildman–Crippen LogP) is 2.47. The van der Waals surface area contributed by atoms with Crippen LogP contribution in [-0.4, -0.2) is 52.7 Å². The Hall–Kier alpha value is -2.28. The maximum atomic E-state index is 12.4. The highest BCUT2D eigenvalue weighted by Crippen LogP contribution is 2.22. The summed E-state index contributed by atoms with van der Waals surface area (Å²) in [6.45, 7) is 6.73. The van der Waals surface area contributed by atoms with E-state index in [0.29, 0.717) is 13.1 Å². The molecule has 2 aromatic heterocycles. The Balaban J connectivity index is 1.48. The number of ketones is 1. The molecule has 0 saturated carbocycles. The van der Waals surface area contributed by atoms with Crippen LogP contribution in [0, 0.1) is 13.8 Å². The summed E-state index contributed by atoms with van der Waals surface area (Å²) >= 11 is 1.63. The molecular weight excluding hydrogens is 336 g/mol. The summed E-state index contributed by atoms with van der Waals surface area (Å²) in [6.07, 6.45) is 5.61. The molecule has 3 rings (SSSR count). The number of nitrogens with zero attached hydrogens (tertiary/aromatic N) is 4. The average Bonchev–Trinajstić information content (AvgIpc) is 2.98. The second-order valence-electron chi connectivity index (χ2n) is 6.18. The molecule has 0 aliphatic carbocycles. The van der Waals surface area contributed by atoms with Gasteiger partial charge in [-0.25, -0.2) is 4.98 Å². The zero-order valence-corrected chi connectivity index (χ0v) is 15.4. The van der Waals surface area contributed by atoms with Crippen molar-refractivity contribution in [2.24, 2.45) is 0 Å². The number of anilines is 1. The molecule has 1 fully saturated rings. The zero-order valence-electron chi connectivity index (χ0n) is 14.6. The maximum absolute atomic E-state index is 12.4. The predicted molar refractivity (Wildman–Crippen MR) is 98.2 cm³/mol. The Morgan fingerprint density at radius 1 is 1.12 bits per heavy atom. The van der Waals surface area contributed by atoms with Crippen LogP contribution in [0.2, 0.25) is 0 Å². The first-order chi connectivity index (χ1) is 12.0. The molecule has 0 spiro atoms. The lowest BCUT2D eigenvalue weighted by Crippen LogP contribution is -2.49. The molecule has 0 aromatic carbocycles. The van der Waals surface area contributed by atoms with E-state index in [2.05, 4.69) is 14.9 Å². The molecule has 0 unspecified atom stereocenters. The highest BCUT2D eigenvalue weighted by atomic mass is 32.1. The van der Waals surface area contributed by atoms with Crippen molar-refractivity contribution in [2.45, 2.75) is 26.7 Å². The Labute approximate surface area is 151 Å². The number of amides is 1. The topological polar surface area (TPSA) is 66.4 Å². The highest BCUT2D eigenvalue weighted by Gasteiger charge is 2.23. The Morgan fingerprint density at radius 2 is 1.88 bits per heavy atom. The third kappa shape index (κ3) is 4.22. The van der Waals surface area contributed by atoms with E-state index in [0.717, 1.165) is 34.2 Å². The van der Waals surface area contributed by atoms with Gasteiger partial charge >= 0.3 is 0 Å². The van der Waals surface area contributed by atoms with Gasteiger partial charge in [0.25, 0.3) is 0 Å². The van der Waals surface area contributed by atoms with E-state index in [1.54, 1.807) is 29.9 Å². The molecule has 6 nitrogen and oxygen atoms in total. The van der Waals surface area contributed by atoms with E-state index in [4.69, 9.17) is 0 Å². The molecule has 0 atom stereocenters. The number of rotatable bonds is 5. The third-order valence-electron chi connectivity index (χ3n) is 4.41. The van der Waals surface area contributed by atoms with Gasteiger partial charge in [-0.1, -0.05) is 0 Å². The highest BCUT2D eigenvalue weighted by molar-refractivity contribution is 7.12. The largest absolute Gasteiger partial charge is 0.352 e. The summed E-state index contributed by atoms with van der Waals surface area (Å²) in [7, 11) is 0. The van der Waals surface area contributed by atoms with Crippen LogP contribution in [0.25, 0.3) is 0 Å². The minimum Gasteiger partial charge on any atom is -0.352 e. The van der Waals surface area contributed by atoms with E-state index in [1.807, 2.05) is 24.8 Å². The van der Waals surface area contributed by atoms with Crippen molar-refractivity contribution in [1.82, 2.24) is 14.9 Å². The number of piperazine rings is 1. The van der Waals surface area contributed by atoms with Crippen molar-refractivity contribution in [1.29, 1.82) is 0 Å². The van der Waals surface area contributed by atoms with Gasteiger partial charge in [0.15, 0.2) is 5.78 Å². The van der Waals surface area contributed by atoms with Crippen LogP contribution in [0.15, 0.2) is 24.7 Å². The van der Waals surface area contributed by atoms with Gasteiger partial charge < -0.3 is 9.80 Å². The number of hydrogen-bond donors (Lipinski definition) is 0. The lowest BCUT2D eigenvalue weighted by Gasteiger charge is -2.35. The van der Waals surface area contributed by atoms with Crippen molar-refractivity contribution >= 4 is 28.8 Å². The van der Waals surface area contributed by atoms with E-state index in [-0.39, 0.29) is 24.5 Å². The summed E-state index contributed by atoms with van der Waals surface area (Å²) in [5, 5.41) is 0. The summed E-state index contributed by atoms with van der Waals surface area (Å²) in [5.74, 6) is 0.957. The molecule has 0 N–H and O–H groups in total. The van der Waals surface area contributed by atoms with Gasteiger partial charge in [0.05, 0.1) is 6.20 Å². The minimum absolute atomic E-state index is 0.0525. The number of carbonyl (C=O) groups excluding carboxylic acids is 2. The lowest BCUT2D eigenvalue weighted by molar-refractivity contribution is -0.131. The zero-order chi connectivity index (χ0) is 17.8. The van der Waals surface area contributed by atoms with Crippen LogP contribution >= 0.6 is 11.3 Å². The summed E-state index contributed by atoms with van der Waals surface area (Å²) in [5.41, 5.74) is 0.766. The summed E-state index contributed by atoms with van der Waals surface area (Å²) in [6, 6.07) is 1.92. The fraction of sp³-hybridized carbons (Fsp3) is 0.444. The molecule has 0 bridgehead atoms. The average molecular weight is 358 g/mol. The van der Waals surface area contributed by atoms with Crippen molar-refractivity contribution in [3.63, 3.8) is 0 Å². The van der Waals surface area contributed by atoms with E-state index < -0.39 is 0 Å². The molecule has 132 valence electrons. The fourth-order valence-electron chi connectivity index (χ4n) is 3.06. The normalized spacial score (nSPS) is 14.6. The smallest absolute Gasteiger partial charge is 0.223 e. The Kier molecular flexibility index (Phi) is 5.43. The number of carbonyl (C=O) groups is 2. The second kappa shape index (κ2) is 7.74. The molecule has 1 saturated heterocycles. The maximum Gasteiger partial charge on any atom is 0.223 e. The van der Waals surface area contributed by atoms with E-state index >= 15 is 0 Å². The number of aryl methyl sites for hydroxylation is 2. The van der Waals surface area contributed by atoms with E-state index in [9.17, 15) is 9.59 Å². The number of hydrogen-bond acceptors (Lipinski definition) is 6. The van der Waals surface area contributed by atoms with Crippen molar-refractivity contribution in [2.75, 3.05) is 31.1 Å². The molecule has 1 aliphatic rings.